The molecule has 1 aromatic rings. The molecule has 1 aromatic carbocycles. The van der Waals surface area contributed by atoms with Crippen molar-refractivity contribution in [3.05, 3.63) is 29.8 Å². The number of carboxylic acids is 1. The van der Waals surface area contributed by atoms with E-state index in [1.807, 2.05) is 0 Å². The number of likely N-dealkylation sites (N-methyl/N-ethyl adjacent to an activating group) is 1. The molecular formula is C15H19N3O5. The van der Waals surface area contributed by atoms with Crippen LogP contribution in [0.2, 0.25) is 0 Å². The van der Waals surface area contributed by atoms with Gasteiger partial charge in [-0.2, -0.15) is 0 Å². The molecule has 0 spiro atoms. The molecule has 8 heteroatoms. The highest BCUT2D eigenvalue weighted by atomic mass is 16.4. The third-order valence-corrected chi connectivity index (χ3v) is 2.96. The van der Waals surface area contributed by atoms with Crippen LogP contribution in [0.25, 0.3) is 0 Å². The zero-order chi connectivity index (χ0) is 17.4. The van der Waals surface area contributed by atoms with Crippen LogP contribution in [-0.2, 0) is 25.6 Å². The molecule has 0 saturated heterocycles. The number of rotatable bonds is 7. The van der Waals surface area contributed by atoms with E-state index in [-0.39, 0.29) is 24.8 Å². The maximum absolute atomic E-state index is 11.7. The Morgan fingerprint density at radius 1 is 1.09 bits per heavy atom. The number of hydrogen-bond acceptors (Lipinski definition) is 4. The summed E-state index contributed by atoms with van der Waals surface area (Å²) in [5.41, 5.74) is 1.23. The zero-order valence-corrected chi connectivity index (χ0v) is 13.0. The molecule has 3 N–H and O–H groups in total. The number of nitrogens with one attached hydrogen (secondary N) is 2. The molecule has 0 bridgehead atoms. The SMILES string of the molecule is CC(=O)N(C)CC(=O)Nc1ccc(CC(=O)NCC(=O)O)cc1. The van der Waals surface area contributed by atoms with E-state index in [1.165, 1.54) is 18.9 Å². The summed E-state index contributed by atoms with van der Waals surface area (Å²) in [5.74, 6) is -2.03. The van der Waals surface area contributed by atoms with Gasteiger partial charge in [0.25, 0.3) is 0 Å². The summed E-state index contributed by atoms with van der Waals surface area (Å²) in [5, 5.41) is 13.4. The third-order valence-electron chi connectivity index (χ3n) is 2.96. The van der Waals surface area contributed by atoms with E-state index >= 15 is 0 Å². The molecule has 0 aliphatic heterocycles. The smallest absolute Gasteiger partial charge is 0.322 e. The summed E-state index contributed by atoms with van der Waals surface area (Å²) in [6.45, 7) is 0.906. The fourth-order valence-corrected chi connectivity index (χ4v) is 1.66. The van der Waals surface area contributed by atoms with Crippen molar-refractivity contribution in [2.24, 2.45) is 0 Å². The van der Waals surface area contributed by atoms with Crippen molar-refractivity contribution in [3.8, 4) is 0 Å². The van der Waals surface area contributed by atoms with Gasteiger partial charge in [0, 0.05) is 19.7 Å². The Hall–Kier alpha value is -2.90. The number of carbonyl (C=O) groups is 4. The maximum Gasteiger partial charge on any atom is 0.322 e. The van der Waals surface area contributed by atoms with Crippen LogP contribution in [0.5, 0.6) is 0 Å². The average Bonchev–Trinajstić information content (AvgIpc) is 2.47. The van der Waals surface area contributed by atoms with Crippen molar-refractivity contribution in [1.82, 2.24) is 10.2 Å². The Labute approximate surface area is 133 Å². The number of nitrogens with zero attached hydrogens (tertiary/aromatic N) is 1. The summed E-state index contributed by atoms with van der Waals surface area (Å²) in [4.78, 5) is 45.9. The fraction of sp³-hybridized carbons (Fsp3) is 0.333. The second-order valence-corrected chi connectivity index (χ2v) is 4.97. The molecule has 124 valence electrons. The maximum atomic E-state index is 11.7. The first-order valence-corrected chi connectivity index (χ1v) is 6.87. The van der Waals surface area contributed by atoms with E-state index in [0.717, 1.165) is 0 Å². The second-order valence-electron chi connectivity index (χ2n) is 4.97. The van der Waals surface area contributed by atoms with Gasteiger partial charge in [-0.15, -0.1) is 0 Å². The van der Waals surface area contributed by atoms with Crippen molar-refractivity contribution in [2.45, 2.75) is 13.3 Å². The minimum atomic E-state index is -1.10. The predicted molar refractivity (Wildman–Crippen MR) is 82.7 cm³/mol. The molecule has 0 atom stereocenters. The normalized spacial score (nSPS) is 9.83. The number of carboxylic acid groups (broad SMARTS) is 1. The van der Waals surface area contributed by atoms with E-state index in [1.54, 1.807) is 24.3 Å². The largest absolute Gasteiger partial charge is 0.480 e. The quantitative estimate of drug-likeness (QED) is 0.646. The Morgan fingerprint density at radius 2 is 1.70 bits per heavy atom. The molecule has 0 fully saturated rings. The summed E-state index contributed by atoms with van der Waals surface area (Å²) in [6.07, 6.45) is 0.0502. The first-order valence-electron chi connectivity index (χ1n) is 6.87. The summed E-state index contributed by atoms with van der Waals surface area (Å²) < 4.78 is 0. The van der Waals surface area contributed by atoms with Crippen LogP contribution in [-0.4, -0.2) is 53.8 Å². The first kappa shape index (κ1) is 18.1. The number of carbonyl (C=O) groups excluding carboxylic acids is 3. The van der Waals surface area contributed by atoms with Gasteiger partial charge in [0.05, 0.1) is 13.0 Å². The first-order chi connectivity index (χ1) is 10.8. The van der Waals surface area contributed by atoms with Gasteiger partial charge >= 0.3 is 5.97 Å². The summed E-state index contributed by atoms with van der Waals surface area (Å²) in [7, 11) is 1.53. The van der Waals surface area contributed by atoms with Crippen LogP contribution in [0.15, 0.2) is 24.3 Å². The van der Waals surface area contributed by atoms with E-state index < -0.39 is 18.4 Å². The third kappa shape index (κ3) is 7.07. The van der Waals surface area contributed by atoms with Crippen LogP contribution >= 0.6 is 0 Å². The standard InChI is InChI=1S/C15H19N3O5/c1-10(19)18(2)9-14(21)17-12-5-3-11(4-6-12)7-13(20)16-8-15(22)23/h3-6H,7-9H2,1-2H3,(H,16,20)(H,17,21)(H,22,23). The van der Waals surface area contributed by atoms with E-state index in [0.29, 0.717) is 11.3 Å². The molecule has 8 nitrogen and oxygen atoms in total. The molecule has 0 aliphatic carbocycles. The number of aliphatic carboxylic acids is 1. The predicted octanol–water partition coefficient (Wildman–Crippen LogP) is -0.153. The van der Waals surface area contributed by atoms with Gasteiger partial charge in [-0.3, -0.25) is 19.2 Å². The monoisotopic (exact) mass is 321 g/mol. The van der Waals surface area contributed by atoms with Gasteiger partial charge in [-0.1, -0.05) is 12.1 Å². The highest BCUT2D eigenvalue weighted by Gasteiger charge is 2.09. The van der Waals surface area contributed by atoms with E-state index in [9.17, 15) is 19.2 Å². The Balaban J connectivity index is 2.50. The van der Waals surface area contributed by atoms with Crippen LogP contribution < -0.4 is 10.6 Å². The van der Waals surface area contributed by atoms with Crippen LogP contribution in [0.3, 0.4) is 0 Å². The lowest BCUT2D eigenvalue weighted by Crippen LogP contribution is -2.33. The lowest BCUT2D eigenvalue weighted by molar-refractivity contribution is -0.137. The topological polar surface area (TPSA) is 116 Å². The Kier molecular flexibility index (Phi) is 6.72. The minimum absolute atomic E-state index is 0.0469. The molecule has 0 heterocycles. The summed E-state index contributed by atoms with van der Waals surface area (Å²) >= 11 is 0. The van der Waals surface area contributed by atoms with Gasteiger partial charge in [0.1, 0.15) is 6.54 Å². The number of amides is 3. The van der Waals surface area contributed by atoms with Gasteiger partial charge in [0.2, 0.25) is 17.7 Å². The minimum Gasteiger partial charge on any atom is -0.480 e. The Bertz CT molecular complexity index is 598. The van der Waals surface area contributed by atoms with Gasteiger partial charge in [-0.25, -0.2) is 0 Å². The van der Waals surface area contributed by atoms with Crippen molar-refractivity contribution >= 4 is 29.4 Å². The molecule has 0 aliphatic rings. The lowest BCUT2D eigenvalue weighted by atomic mass is 10.1. The lowest BCUT2D eigenvalue weighted by Gasteiger charge is -2.14. The number of hydrogen-bond donors (Lipinski definition) is 3. The van der Waals surface area contributed by atoms with Crippen LogP contribution in [0.4, 0.5) is 5.69 Å². The highest BCUT2D eigenvalue weighted by Crippen LogP contribution is 2.10. The molecule has 0 unspecified atom stereocenters. The molecule has 23 heavy (non-hydrogen) atoms. The van der Waals surface area contributed by atoms with Crippen LogP contribution in [0.1, 0.15) is 12.5 Å². The van der Waals surface area contributed by atoms with Gasteiger partial charge in [0.15, 0.2) is 0 Å². The van der Waals surface area contributed by atoms with Crippen molar-refractivity contribution in [2.75, 3.05) is 25.5 Å². The van der Waals surface area contributed by atoms with Gasteiger partial charge < -0.3 is 20.6 Å². The molecule has 0 radical (unpaired) electrons. The summed E-state index contributed by atoms with van der Waals surface area (Å²) in [6, 6.07) is 6.58. The van der Waals surface area contributed by atoms with Gasteiger partial charge in [-0.05, 0) is 17.7 Å². The van der Waals surface area contributed by atoms with Crippen molar-refractivity contribution in [3.63, 3.8) is 0 Å². The van der Waals surface area contributed by atoms with Crippen molar-refractivity contribution < 1.29 is 24.3 Å². The van der Waals surface area contributed by atoms with Crippen molar-refractivity contribution in [1.29, 1.82) is 0 Å². The molecular weight excluding hydrogens is 302 g/mol. The highest BCUT2D eigenvalue weighted by molar-refractivity contribution is 5.94. The van der Waals surface area contributed by atoms with Crippen LogP contribution in [0, 0.1) is 0 Å². The second kappa shape index (κ2) is 8.52. The molecule has 3 amide bonds. The Morgan fingerprint density at radius 3 is 2.22 bits per heavy atom. The molecule has 0 saturated carbocycles. The number of benzene rings is 1. The zero-order valence-electron chi connectivity index (χ0n) is 13.0. The average molecular weight is 321 g/mol. The van der Waals surface area contributed by atoms with E-state index in [2.05, 4.69) is 10.6 Å². The molecule has 0 aromatic heterocycles. The van der Waals surface area contributed by atoms with E-state index in [4.69, 9.17) is 5.11 Å². The fourth-order valence-electron chi connectivity index (χ4n) is 1.66. The number of anilines is 1. The molecule has 1 rings (SSSR count).